The molecule has 0 aliphatic heterocycles. The van der Waals surface area contributed by atoms with E-state index in [1.165, 1.54) is 44.6 Å². The lowest BCUT2D eigenvalue weighted by Crippen LogP contribution is -2.48. The van der Waals surface area contributed by atoms with Crippen molar-refractivity contribution in [1.82, 2.24) is 0 Å². The largest absolute Gasteiger partial charge is 0.493 e. The van der Waals surface area contributed by atoms with Crippen LogP contribution in [-0.4, -0.2) is 67.3 Å². The smallest absolute Gasteiger partial charge is 0.349 e. The minimum Gasteiger partial charge on any atom is -0.493 e. The van der Waals surface area contributed by atoms with Gasteiger partial charge < -0.3 is 38.8 Å². The maximum Gasteiger partial charge on any atom is 0.349 e. The topological polar surface area (TPSA) is 190 Å². The van der Waals surface area contributed by atoms with Crippen LogP contribution in [0.4, 0.5) is 5.69 Å². The van der Waals surface area contributed by atoms with Crippen LogP contribution < -0.4 is 24.3 Å². The Labute approximate surface area is 256 Å². The van der Waals surface area contributed by atoms with Crippen molar-refractivity contribution in [2.45, 2.75) is 33.0 Å². The van der Waals surface area contributed by atoms with E-state index in [2.05, 4.69) is 5.32 Å². The highest BCUT2D eigenvalue weighted by Gasteiger charge is 2.41. The van der Waals surface area contributed by atoms with Gasteiger partial charge in [0.05, 0.1) is 25.3 Å². The van der Waals surface area contributed by atoms with E-state index >= 15 is 0 Å². The molecule has 0 saturated heterocycles. The van der Waals surface area contributed by atoms with Crippen molar-refractivity contribution in [1.29, 1.82) is 0 Å². The number of nitrogens with one attached hydrogen (secondary N) is 1. The predicted molar refractivity (Wildman–Crippen MR) is 154 cm³/mol. The highest BCUT2D eigenvalue weighted by atomic mass is 16.6. The quantitative estimate of drug-likeness (QED) is 0.221. The normalized spacial score (nSPS) is 11.7. The molecular weight excluding hydrogens is 594 g/mol. The Balaban J connectivity index is 1.98. The van der Waals surface area contributed by atoms with Crippen LogP contribution in [0.25, 0.3) is 0 Å². The molecule has 0 aromatic heterocycles. The van der Waals surface area contributed by atoms with Crippen LogP contribution in [0.5, 0.6) is 23.0 Å². The third-order valence-corrected chi connectivity index (χ3v) is 5.95. The standard InChI is InChI=1S/C31H29NO13/c1-16-8-6-7-9-21(16)32-28(35)26(44-30(38)19-10-12-22(42-17(2)33)24(14-19)40-4)27(29(36)37)45-31(39)20-11-13-23(43-18(3)34)25(15-20)41-5/h6-15,26-27H,1-5H3,(H,32,35)(H,36,37)/t26-,27+/m1/s1. The van der Waals surface area contributed by atoms with Crippen molar-refractivity contribution in [2.24, 2.45) is 0 Å². The Morgan fingerprint density at radius 2 is 1.13 bits per heavy atom. The number of carboxylic acids is 1. The zero-order valence-electron chi connectivity index (χ0n) is 24.8. The third kappa shape index (κ3) is 8.79. The molecular formula is C31H29NO13. The van der Waals surface area contributed by atoms with Gasteiger partial charge in [0.2, 0.25) is 12.2 Å². The molecule has 0 radical (unpaired) electrons. The van der Waals surface area contributed by atoms with Gasteiger partial charge >= 0.3 is 29.8 Å². The van der Waals surface area contributed by atoms with Crippen LogP contribution in [0.2, 0.25) is 0 Å². The number of anilines is 1. The summed E-state index contributed by atoms with van der Waals surface area (Å²) in [5, 5.41) is 12.5. The number of aliphatic carboxylic acids is 1. The van der Waals surface area contributed by atoms with E-state index in [0.717, 1.165) is 26.0 Å². The number of aryl methyl sites for hydroxylation is 1. The summed E-state index contributed by atoms with van der Waals surface area (Å²) in [7, 11) is 2.50. The van der Waals surface area contributed by atoms with Gasteiger partial charge in [-0.05, 0) is 55.0 Å². The van der Waals surface area contributed by atoms with Crippen molar-refractivity contribution < 1.29 is 62.3 Å². The Morgan fingerprint density at radius 3 is 1.56 bits per heavy atom. The van der Waals surface area contributed by atoms with Crippen molar-refractivity contribution in [3.63, 3.8) is 0 Å². The number of carbonyl (C=O) groups is 6. The highest BCUT2D eigenvalue weighted by molar-refractivity contribution is 6.02. The molecule has 0 fully saturated rings. The van der Waals surface area contributed by atoms with Gasteiger partial charge in [-0.1, -0.05) is 18.2 Å². The van der Waals surface area contributed by atoms with Crippen LogP contribution in [0, 0.1) is 6.92 Å². The second kappa shape index (κ2) is 15.0. The van der Waals surface area contributed by atoms with Crippen LogP contribution in [-0.2, 0) is 28.7 Å². The summed E-state index contributed by atoms with van der Waals surface area (Å²) in [6.45, 7) is 4.00. The highest BCUT2D eigenvalue weighted by Crippen LogP contribution is 2.30. The van der Waals surface area contributed by atoms with E-state index in [0.29, 0.717) is 5.56 Å². The molecule has 0 heterocycles. The molecule has 45 heavy (non-hydrogen) atoms. The Hall–Kier alpha value is -5.92. The van der Waals surface area contributed by atoms with Crippen molar-refractivity contribution in [3.05, 3.63) is 77.4 Å². The molecule has 0 aliphatic rings. The molecule has 236 valence electrons. The molecule has 2 N–H and O–H groups in total. The fourth-order valence-corrected chi connectivity index (χ4v) is 3.85. The Kier molecular flexibility index (Phi) is 11.2. The monoisotopic (exact) mass is 623 g/mol. The molecule has 0 saturated carbocycles. The van der Waals surface area contributed by atoms with Crippen LogP contribution in [0.15, 0.2) is 60.7 Å². The number of ether oxygens (including phenoxy) is 6. The number of esters is 4. The molecule has 0 spiro atoms. The average Bonchev–Trinajstić information content (AvgIpc) is 2.99. The zero-order chi connectivity index (χ0) is 33.3. The number of carbonyl (C=O) groups excluding carboxylic acids is 5. The molecule has 14 nitrogen and oxygen atoms in total. The lowest BCUT2D eigenvalue weighted by Gasteiger charge is -2.24. The molecule has 1 amide bonds. The van der Waals surface area contributed by atoms with Gasteiger partial charge in [-0.25, -0.2) is 14.4 Å². The first-order valence-corrected chi connectivity index (χ1v) is 13.1. The van der Waals surface area contributed by atoms with E-state index in [-0.39, 0.29) is 39.8 Å². The summed E-state index contributed by atoms with van der Waals surface area (Å²) in [6.07, 6.45) is -4.55. The second-order valence-electron chi connectivity index (χ2n) is 9.21. The molecule has 2 atom stereocenters. The minimum atomic E-state index is -2.34. The average molecular weight is 624 g/mol. The lowest BCUT2D eigenvalue weighted by atomic mass is 10.1. The van der Waals surface area contributed by atoms with Gasteiger partial charge in [0.25, 0.3) is 5.91 Å². The summed E-state index contributed by atoms with van der Waals surface area (Å²) < 4.78 is 30.8. The summed E-state index contributed by atoms with van der Waals surface area (Å²) in [5.41, 5.74) is 0.435. The van der Waals surface area contributed by atoms with Gasteiger partial charge in [-0.15, -0.1) is 0 Å². The molecule has 3 aromatic rings. The summed E-state index contributed by atoms with van der Waals surface area (Å²) in [4.78, 5) is 74.9. The first kappa shape index (κ1) is 33.6. The van der Waals surface area contributed by atoms with Crippen LogP contribution in [0.3, 0.4) is 0 Å². The van der Waals surface area contributed by atoms with Crippen molar-refractivity contribution in [2.75, 3.05) is 19.5 Å². The number of hydrogen-bond donors (Lipinski definition) is 2. The Bertz CT molecular complexity index is 1630. The summed E-state index contributed by atoms with van der Waals surface area (Å²) in [6, 6.07) is 13.6. The number of carboxylic acid groups (broad SMARTS) is 1. The predicted octanol–water partition coefficient (Wildman–Crippen LogP) is 3.34. The maximum atomic E-state index is 13.4. The number of benzene rings is 3. The van der Waals surface area contributed by atoms with Gasteiger partial charge in [-0.2, -0.15) is 0 Å². The van der Waals surface area contributed by atoms with Gasteiger partial charge in [0, 0.05) is 19.5 Å². The van der Waals surface area contributed by atoms with Gasteiger partial charge in [-0.3, -0.25) is 14.4 Å². The van der Waals surface area contributed by atoms with E-state index in [4.69, 9.17) is 28.4 Å². The number of hydrogen-bond acceptors (Lipinski definition) is 12. The minimum absolute atomic E-state index is 0.0112. The third-order valence-electron chi connectivity index (χ3n) is 5.95. The summed E-state index contributed by atoms with van der Waals surface area (Å²) >= 11 is 0. The van der Waals surface area contributed by atoms with E-state index in [1.54, 1.807) is 25.1 Å². The Morgan fingerprint density at radius 1 is 0.667 bits per heavy atom. The molecule has 3 aromatic carbocycles. The number of amides is 1. The van der Waals surface area contributed by atoms with Crippen molar-refractivity contribution in [3.8, 4) is 23.0 Å². The van der Waals surface area contributed by atoms with Crippen LogP contribution >= 0.6 is 0 Å². The summed E-state index contributed by atoms with van der Waals surface area (Å²) in [5.74, 6) is -6.77. The van der Waals surface area contributed by atoms with Gasteiger partial charge in [0.1, 0.15) is 0 Å². The molecule has 0 unspecified atom stereocenters. The first-order chi connectivity index (χ1) is 21.3. The fourth-order valence-electron chi connectivity index (χ4n) is 3.85. The van der Waals surface area contributed by atoms with E-state index in [9.17, 15) is 33.9 Å². The van der Waals surface area contributed by atoms with Gasteiger partial charge in [0.15, 0.2) is 23.0 Å². The fraction of sp³-hybridized carbons (Fsp3) is 0.226. The lowest BCUT2D eigenvalue weighted by molar-refractivity contribution is -0.157. The van der Waals surface area contributed by atoms with E-state index in [1.807, 2.05) is 0 Å². The van der Waals surface area contributed by atoms with E-state index < -0.39 is 48.0 Å². The van der Waals surface area contributed by atoms with Crippen molar-refractivity contribution >= 4 is 41.4 Å². The van der Waals surface area contributed by atoms with Crippen LogP contribution in [0.1, 0.15) is 40.1 Å². The second-order valence-corrected chi connectivity index (χ2v) is 9.21. The molecule has 0 bridgehead atoms. The first-order valence-electron chi connectivity index (χ1n) is 13.1. The zero-order valence-corrected chi connectivity index (χ0v) is 24.8. The maximum absolute atomic E-state index is 13.4. The molecule has 14 heteroatoms. The number of para-hydroxylation sites is 1. The number of rotatable bonds is 12. The SMILES string of the molecule is COc1cc(C(=O)O[C@H](C(=O)O)[C@@H](OC(=O)c2ccc(OC(C)=O)c(OC)c2)C(=O)Nc2ccccc2C)ccc1OC(C)=O. The number of methoxy groups -OCH3 is 2. The molecule has 0 aliphatic carbocycles. The molecule has 3 rings (SSSR count).